The third kappa shape index (κ3) is 4.16. The van der Waals surface area contributed by atoms with Crippen molar-refractivity contribution in [2.75, 3.05) is 10.6 Å². The normalized spacial score (nSPS) is 17.7. The number of urea groups is 1. The van der Waals surface area contributed by atoms with Crippen LogP contribution >= 0.6 is 0 Å². The minimum absolute atomic E-state index is 0.496. The van der Waals surface area contributed by atoms with Gasteiger partial charge in [0.25, 0.3) is 0 Å². The molecular weight excluding hydrogens is 238 g/mol. The van der Waals surface area contributed by atoms with Crippen molar-refractivity contribution < 1.29 is 4.79 Å². The van der Waals surface area contributed by atoms with Crippen LogP contribution in [-0.2, 0) is 0 Å². The molecule has 1 aliphatic carbocycles. The van der Waals surface area contributed by atoms with Crippen molar-refractivity contribution in [3.05, 3.63) is 24.3 Å². The summed E-state index contributed by atoms with van der Waals surface area (Å²) < 4.78 is 0. The van der Waals surface area contributed by atoms with Gasteiger partial charge in [0, 0.05) is 17.4 Å². The Bertz CT molecular complexity index is 410. The number of rotatable bonds is 4. The van der Waals surface area contributed by atoms with Gasteiger partial charge in [0.05, 0.1) is 0 Å². The quantitative estimate of drug-likeness (QED) is 0.775. The van der Waals surface area contributed by atoms with Crippen LogP contribution in [0.5, 0.6) is 0 Å². The van der Waals surface area contributed by atoms with Crippen LogP contribution in [0.25, 0.3) is 0 Å². The van der Waals surface area contributed by atoms with E-state index < -0.39 is 6.03 Å². The molecule has 4 N–H and O–H groups in total. The Morgan fingerprint density at radius 3 is 2.32 bits per heavy atom. The van der Waals surface area contributed by atoms with Gasteiger partial charge in [-0.3, -0.25) is 0 Å². The smallest absolute Gasteiger partial charge is 0.316 e. The Kier molecular flexibility index (Phi) is 4.66. The lowest BCUT2D eigenvalue weighted by Gasteiger charge is -2.29. The van der Waals surface area contributed by atoms with Crippen molar-refractivity contribution in [2.24, 2.45) is 11.7 Å². The number of hydrogen-bond acceptors (Lipinski definition) is 2. The van der Waals surface area contributed by atoms with E-state index in [4.69, 9.17) is 5.73 Å². The van der Waals surface area contributed by atoms with E-state index in [0.29, 0.717) is 6.04 Å². The number of nitrogens with two attached hydrogens (primary N) is 1. The lowest BCUT2D eigenvalue weighted by molar-refractivity contribution is 0.259. The van der Waals surface area contributed by atoms with Gasteiger partial charge in [0.1, 0.15) is 0 Å². The predicted molar refractivity (Wildman–Crippen MR) is 79.3 cm³/mol. The Morgan fingerprint density at radius 1 is 1.16 bits per heavy atom. The molecule has 0 heterocycles. The lowest BCUT2D eigenvalue weighted by Crippen LogP contribution is -2.27. The summed E-state index contributed by atoms with van der Waals surface area (Å²) >= 11 is 0. The zero-order valence-corrected chi connectivity index (χ0v) is 11.5. The molecule has 1 aliphatic rings. The first-order valence-electron chi connectivity index (χ1n) is 7.08. The minimum Gasteiger partial charge on any atom is -0.382 e. The fourth-order valence-corrected chi connectivity index (χ4v) is 2.81. The van der Waals surface area contributed by atoms with Crippen molar-refractivity contribution >= 4 is 17.4 Å². The SMILES string of the molecule is CC(Nc1ccc(NC(N)=O)cc1)C1CCCCC1. The second-order valence-corrected chi connectivity index (χ2v) is 5.40. The second kappa shape index (κ2) is 6.45. The van der Waals surface area contributed by atoms with Crippen LogP contribution in [0.4, 0.5) is 16.2 Å². The van der Waals surface area contributed by atoms with Gasteiger partial charge in [0.2, 0.25) is 0 Å². The van der Waals surface area contributed by atoms with Gasteiger partial charge in [-0.25, -0.2) is 4.79 Å². The zero-order valence-electron chi connectivity index (χ0n) is 11.5. The van der Waals surface area contributed by atoms with Gasteiger partial charge in [-0.2, -0.15) is 0 Å². The van der Waals surface area contributed by atoms with Crippen molar-refractivity contribution in [3.8, 4) is 0 Å². The van der Waals surface area contributed by atoms with Crippen LogP contribution in [0.15, 0.2) is 24.3 Å². The predicted octanol–water partition coefficient (Wildman–Crippen LogP) is 3.56. The van der Waals surface area contributed by atoms with E-state index in [-0.39, 0.29) is 0 Å². The summed E-state index contributed by atoms with van der Waals surface area (Å²) in [7, 11) is 0. The standard InChI is InChI=1S/C15H23N3O/c1-11(12-5-3-2-4-6-12)17-13-7-9-14(10-8-13)18-15(16)19/h7-12,17H,2-6H2,1H3,(H3,16,18,19). The van der Waals surface area contributed by atoms with Crippen molar-refractivity contribution in [3.63, 3.8) is 0 Å². The van der Waals surface area contributed by atoms with Crippen LogP contribution in [0.3, 0.4) is 0 Å². The molecule has 104 valence electrons. The van der Waals surface area contributed by atoms with Gasteiger partial charge in [-0.15, -0.1) is 0 Å². The van der Waals surface area contributed by atoms with Crippen molar-refractivity contribution in [1.29, 1.82) is 0 Å². The van der Waals surface area contributed by atoms with E-state index in [2.05, 4.69) is 17.6 Å². The maximum atomic E-state index is 10.7. The molecule has 1 atom stereocenters. The maximum Gasteiger partial charge on any atom is 0.316 e. The van der Waals surface area contributed by atoms with E-state index in [1.807, 2.05) is 24.3 Å². The fraction of sp³-hybridized carbons (Fsp3) is 0.533. The molecule has 0 aliphatic heterocycles. The van der Waals surface area contributed by atoms with Gasteiger partial charge < -0.3 is 16.4 Å². The van der Waals surface area contributed by atoms with E-state index in [1.165, 1.54) is 32.1 Å². The Balaban J connectivity index is 1.89. The van der Waals surface area contributed by atoms with Gasteiger partial charge >= 0.3 is 6.03 Å². The first-order chi connectivity index (χ1) is 9.15. The van der Waals surface area contributed by atoms with Gasteiger partial charge in [-0.05, 0) is 49.9 Å². The van der Waals surface area contributed by atoms with Gasteiger partial charge in [0.15, 0.2) is 0 Å². The summed E-state index contributed by atoms with van der Waals surface area (Å²) in [4.78, 5) is 10.7. The molecule has 4 heteroatoms. The Morgan fingerprint density at radius 2 is 1.74 bits per heavy atom. The first-order valence-corrected chi connectivity index (χ1v) is 7.08. The highest BCUT2D eigenvalue weighted by Crippen LogP contribution is 2.28. The molecule has 0 bridgehead atoms. The summed E-state index contributed by atoms with van der Waals surface area (Å²) in [6, 6.07) is 7.64. The van der Waals surface area contributed by atoms with Gasteiger partial charge in [-0.1, -0.05) is 19.3 Å². The summed E-state index contributed by atoms with van der Waals surface area (Å²) in [6.07, 6.45) is 6.76. The molecule has 1 saturated carbocycles. The average Bonchev–Trinajstić information content (AvgIpc) is 2.41. The van der Waals surface area contributed by atoms with E-state index >= 15 is 0 Å². The van der Waals surface area contributed by atoms with E-state index in [0.717, 1.165) is 17.3 Å². The number of carbonyl (C=O) groups excluding carboxylic acids is 1. The van der Waals surface area contributed by atoms with E-state index in [9.17, 15) is 4.79 Å². The summed E-state index contributed by atoms with van der Waals surface area (Å²) in [5.41, 5.74) is 6.89. The van der Waals surface area contributed by atoms with Crippen LogP contribution in [0.1, 0.15) is 39.0 Å². The number of amides is 2. The third-order valence-electron chi connectivity index (χ3n) is 3.90. The molecule has 0 saturated heterocycles. The molecule has 1 aromatic rings. The largest absolute Gasteiger partial charge is 0.382 e. The molecule has 1 fully saturated rings. The topological polar surface area (TPSA) is 67.2 Å². The van der Waals surface area contributed by atoms with Crippen LogP contribution in [0, 0.1) is 5.92 Å². The molecule has 0 radical (unpaired) electrons. The molecule has 2 amide bonds. The Labute approximate surface area is 114 Å². The number of benzene rings is 1. The van der Waals surface area contributed by atoms with Crippen LogP contribution < -0.4 is 16.4 Å². The molecule has 1 aromatic carbocycles. The highest BCUT2D eigenvalue weighted by atomic mass is 16.2. The molecule has 1 unspecified atom stereocenters. The Hall–Kier alpha value is -1.71. The lowest BCUT2D eigenvalue weighted by atomic mass is 9.84. The molecule has 0 spiro atoms. The molecule has 0 aromatic heterocycles. The summed E-state index contributed by atoms with van der Waals surface area (Å²) in [5, 5.41) is 6.11. The number of carbonyl (C=O) groups is 1. The van der Waals surface area contributed by atoms with Crippen LogP contribution in [0.2, 0.25) is 0 Å². The fourth-order valence-electron chi connectivity index (χ4n) is 2.81. The second-order valence-electron chi connectivity index (χ2n) is 5.40. The summed E-state index contributed by atoms with van der Waals surface area (Å²) in [6.45, 7) is 2.26. The molecular formula is C15H23N3O. The maximum absolute atomic E-state index is 10.7. The number of anilines is 2. The summed E-state index contributed by atoms with van der Waals surface area (Å²) in [5.74, 6) is 0.775. The molecule has 4 nitrogen and oxygen atoms in total. The highest BCUT2D eigenvalue weighted by Gasteiger charge is 2.19. The van der Waals surface area contributed by atoms with Crippen molar-refractivity contribution in [1.82, 2.24) is 0 Å². The van der Waals surface area contributed by atoms with Crippen LogP contribution in [-0.4, -0.2) is 12.1 Å². The van der Waals surface area contributed by atoms with E-state index in [1.54, 1.807) is 0 Å². The monoisotopic (exact) mass is 261 g/mol. The minimum atomic E-state index is -0.531. The molecule has 2 rings (SSSR count). The van der Waals surface area contributed by atoms with Crippen molar-refractivity contribution in [2.45, 2.75) is 45.1 Å². The number of hydrogen-bond donors (Lipinski definition) is 3. The number of nitrogens with one attached hydrogen (secondary N) is 2. The average molecular weight is 261 g/mol. The zero-order chi connectivity index (χ0) is 13.7. The highest BCUT2D eigenvalue weighted by molar-refractivity contribution is 5.87. The molecule has 19 heavy (non-hydrogen) atoms. The number of primary amides is 1. The first kappa shape index (κ1) is 13.7. The third-order valence-corrected chi connectivity index (χ3v) is 3.90.